The topological polar surface area (TPSA) is 71.3 Å². The number of hydrogen-bond donors (Lipinski definition) is 1. The normalized spacial score (nSPS) is 16.4. The van der Waals surface area contributed by atoms with Gasteiger partial charge in [-0.05, 0) is 24.8 Å². The summed E-state index contributed by atoms with van der Waals surface area (Å²) >= 11 is 1.43. The van der Waals surface area contributed by atoms with Gasteiger partial charge in [0.1, 0.15) is 5.76 Å². The highest BCUT2D eigenvalue weighted by Gasteiger charge is 2.21. The molecule has 0 radical (unpaired) electrons. The number of piperidine rings is 1. The SMILES string of the molecule is CC1CCN(C(=O)Nc2ncc(/C=C/c3ncc(C(C)(C)C)o3)s2)CC1. The minimum absolute atomic E-state index is 0.0622. The van der Waals surface area contributed by atoms with Crippen LogP contribution >= 0.6 is 11.3 Å². The van der Waals surface area contributed by atoms with Crippen molar-refractivity contribution in [1.29, 1.82) is 0 Å². The smallest absolute Gasteiger partial charge is 0.323 e. The van der Waals surface area contributed by atoms with E-state index in [2.05, 4.69) is 43.0 Å². The molecule has 0 unspecified atom stereocenters. The van der Waals surface area contributed by atoms with E-state index < -0.39 is 0 Å². The Kier molecular flexibility index (Phi) is 5.46. The average Bonchev–Trinajstić information content (AvgIpc) is 3.22. The van der Waals surface area contributed by atoms with Gasteiger partial charge < -0.3 is 9.32 Å². The molecule has 2 amide bonds. The molecule has 6 nitrogen and oxygen atoms in total. The monoisotopic (exact) mass is 374 g/mol. The molecule has 26 heavy (non-hydrogen) atoms. The van der Waals surface area contributed by atoms with Crippen molar-refractivity contribution in [2.24, 2.45) is 5.92 Å². The van der Waals surface area contributed by atoms with E-state index in [9.17, 15) is 4.79 Å². The van der Waals surface area contributed by atoms with Gasteiger partial charge in [-0.2, -0.15) is 0 Å². The minimum Gasteiger partial charge on any atom is -0.441 e. The molecular weight excluding hydrogens is 348 g/mol. The lowest BCUT2D eigenvalue weighted by atomic mass is 9.94. The van der Waals surface area contributed by atoms with Gasteiger partial charge >= 0.3 is 6.03 Å². The number of likely N-dealkylation sites (tertiary alicyclic amines) is 1. The van der Waals surface area contributed by atoms with E-state index in [-0.39, 0.29) is 11.4 Å². The summed E-state index contributed by atoms with van der Waals surface area (Å²) in [6.45, 7) is 10.1. The van der Waals surface area contributed by atoms with E-state index >= 15 is 0 Å². The van der Waals surface area contributed by atoms with Crippen LogP contribution in [0.25, 0.3) is 12.2 Å². The predicted octanol–water partition coefficient (Wildman–Crippen LogP) is 4.86. The first-order valence-electron chi connectivity index (χ1n) is 8.97. The van der Waals surface area contributed by atoms with Gasteiger partial charge in [0.05, 0.1) is 6.20 Å². The molecule has 3 rings (SSSR count). The summed E-state index contributed by atoms with van der Waals surface area (Å²) in [4.78, 5) is 23.6. The number of nitrogens with one attached hydrogen (secondary N) is 1. The van der Waals surface area contributed by atoms with Crippen molar-refractivity contribution in [2.75, 3.05) is 18.4 Å². The van der Waals surface area contributed by atoms with Crippen molar-refractivity contribution < 1.29 is 9.21 Å². The molecular formula is C19H26N4O2S. The molecule has 0 atom stereocenters. The van der Waals surface area contributed by atoms with Crippen LogP contribution in [0.4, 0.5) is 9.93 Å². The first-order chi connectivity index (χ1) is 12.3. The van der Waals surface area contributed by atoms with E-state index in [1.54, 1.807) is 12.4 Å². The Labute approximate surface area is 158 Å². The van der Waals surface area contributed by atoms with Gasteiger partial charge in [0.25, 0.3) is 0 Å². The van der Waals surface area contributed by atoms with Crippen molar-refractivity contribution in [1.82, 2.24) is 14.9 Å². The zero-order valence-electron chi connectivity index (χ0n) is 15.8. The molecule has 1 aliphatic heterocycles. The highest BCUT2D eigenvalue weighted by Crippen LogP contribution is 2.25. The Morgan fingerprint density at radius 2 is 2.00 bits per heavy atom. The predicted molar refractivity (Wildman–Crippen MR) is 105 cm³/mol. The van der Waals surface area contributed by atoms with E-state index in [1.807, 2.05) is 17.1 Å². The first-order valence-corrected chi connectivity index (χ1v) is 9.79. The Bertz CT molecular complexity index is 780. The second-order valence-electron chi connectivity index (χ2n) is 7.81. The number of urea groups is 1. The third kappa shape index (κ3) is 4.72. The number of aromatic nitrogens is 2. The summed E-state index contributed by atoms with van der Waals surface area (Å²) in [5.74, 6) is 2.12. The molecule has 1 fully saturated rings. The summed E-state index contributed by atoms with van der Waals surface area (Å²) in [5.41, 5.74) is -0.0622. The molecule has 2 aromatic rings. The van der Waals surface area contributed by atoms with Crippen LogP contribution in [0.5, 0.6) is 0 Å². The quantitative estimate of drug-likeness (QED) is 0.832. The summed E-state index contributed by atoms with van der Waals surface area (Å²) in [7, 11) is 0. The molecule has 0 saturated carbocycles. The molecule has 0 bridgehead atoms. The van der Waals surface area contributed by atoms with E-state index in [0.717, 1.165) is 36.6 Å². The lowest BCUT2D eigenvalue weighted by molar-refractivity contribution is 0.186. The maximum Gasteiger partial charge on any atom is 0.323 e. The standard InChI is InChI=1S/C19H26N4O2S/c1-13-7-9-23(10-8-13)18(24)22-17-21-11-14(26-17)5-6-16-20-12-15(25-16)19(2,3)4/h5-6,11-13H,7-10H2,1-4H3,(H,21,22,24)/b6-5+. The summed E-state index contributed by atoms with van der Waals surface area (Å²) in [6, 6.07) is -0.0655. The highest BCUT2D eigenvalue weighted by molar-refractivity contribution is 7.16. The van der Waals surface area contributed by atoms with Gasteiger partial charge in [0.15, 0.2) is 5.13 Å². The van der Waals surface area contributed by atoms with Crippen LogP contribution < -0.4 is 5.32 Å². The number of oxazole rings is 1. The number of hydrogen-bond acceptors (Lipinski definition) is 5. The number of thiazole rings is 1. The minimum atomic E-state index is -0.0655. The molecule has 7 heteroatoms. The van der Waals surface area contributed by atoms with Crippen molar-refractivity contribution in [3.63, 3.8) is 0 Å². The van der Waals surface area contributed by atoms with Crippen LogP contribution in [0.3, 0.4) is 0 Å². The Morgan fingerprint density at radius 3 is 2.65 bits per heavy atom. The lowest BCUT2D eigenvalue weighted by Crippen LogP contribution is -2.40. The molecule has 0 aromatic carbocycles. The molecule has 2 aromatic heterocycles. The molecule has 1 saturated heterocycles. The van der Waals surface area contributed by atoms with E-state index in [0.29, 0.717) is 16.9 Å². The van der Waals surface area contributed by atoms with Crippen LogP contribution in [-0.4, -0.2) is 34.0 Å². The van der Waals surface area contributed by atoms with Crippen LogP contribution in [0.15, 0.2) is 16.8 Å². The highest BCUT2D eigenvalue weighted by atomic mass is 32.1. The Hall–Kier alpha value is -2.15. The second-order valence-corrected chi connectivity index (χ2v) is 8.88. The maximum atomic E-state index is 12.3. The molecule has 1 N–H and O–H groups in total. The van der Waals surface area contributed by atoms with Crippen LogP contribution in [0, 0.1) is 5.92 Å². The van der Waals surface area contributed by atoms with Crippen LogP contribution in [0.1, 0.15) is 57.1 Å². The molecule has 0 aliphatic carbocycles. The molecule has 140 valence electrons. The van der Waals surface area contributed by atoms with Gasteiger partial charge in [-0.1, -0.05) is 39.0 Å². The molecule has 3 heterocycles. The van der Waals surface area contributed by atoms with E-state index in [1.165, 1.54) is 11.3 Å². The number of anilines is 1. The summed E-state index contributed by atoms with van der Waals surface area (Å²) in [5, 5.41) is 3.50. The van der Waals surface area contributed by atoms with Gasteiger partial charge in [0.2, 0.25) is 5.89 Å². The maximum absolute atomic E-state index is 12.3. The number of carbonyl (C=O) groups is 1. The van der Waals surface area contributed by atoms with Crippen molar-refractivity contribution >= 4 is 34.7 Å². The fourth-order valence-electron chi connectivity index (χ4n) is 2.67. The third-order valence-electron chi connectivity index (χ3n) is 4.46. The fraction of sp³-hybridized carbons (Fsp3) is 0.526. The number of nitrogens with zero attached hydrogens (tertiary/aromatic N) is 3. The first kappa shape index (κ1) is 18.6. The van der Waals surface area contributed by atoms with Gasteiger partial charge in [-0.3, -0.25) is 5.32 Å². The van der Waals surface area contributed by atoms with Crippen molar-refractivity contribution in [2.45, 2.75) is 46.0 Å². The zero-order chi connectivity index (χ0) is 18.7. The molecule has 0 spiro atoms. The van der Waals surface area contributed by atoms with E-state index in [4.69, 9.17) is 4.42 Å². The van der Waals surface area contributed by atoms with Crippen LogP contribution in [0.2, 0.25) is 0 Å². The number of rotatable bonds is 3. The lowest BCUT2D eigenvalue weighted by Gasteiger charge is -2.29. The van der Waals surface area contributed by atoms with Gasteiger partial charge in [-0.15, -0.1) is 0 Å². The van der Waals surface area contributed by atoms with Crippen LogP contribution in [-0.2, 0) is 5.41 Å². The second kappa shape index (κ2) is 7.61. The zero-order valence-corrected chi connectivity index (χ0v) is 16.6. The van der Waals surface area contributed by atoms with Crippen molar-refractivity contribution in [3.05, 3.63) is 28.9 Å². The Morgan fingerprint density at radius 1 is 1.27 bits per heavy atom. The number of carbonyl (C=O) groups excluding carboxylic acids is 1. The van der Waals surface area contributed by atoms with Crippen molar-refractivity contribution in [3.8, 4) is 0 Å². The van der Waals surface area contributed by atoms with Gasteiger partial charge in [-0.25, -0.2) is 14.8 Å². The fourth-order valence-corrected chi connectivity index (χ4v) is 3.38. The third-order valence-corrected chi connectivity index (χ3v) is 5.34. The molecule has 1 aliphatic rings. The summed E-state index contributed by atoms with van der Waals surface area (Å²) < 4.78 is 5.74. The summed E-state index contributed by atoms with van der Waals surface area (Å²) in [6.07, 6.45) is 9.34. The number of amides is 2. The average molecular weight is 375 g/mol. The van der Waals surface area contributed by atoms with Gasteiger partial charge in [0, 0.05) is 35.7 Å². The largest absolute Gasteiger partial charge is 0.441 e. The Balaban J connectivity index is 1.57.